The number of nitrogens with two attached hydrogens (primary N) is 12. The van der Waals surface area contributed by atoms with Crippen LogP contribution in [-0.2, 0) is 65.3 Å². The Morgan fingerprint density at radius 3 is 0.293 bits per heavy atom. The molecule has 0 bridgehead atoms. The zero-order chi connectivity index (χ0) is 34.0. The van der Waals surface area contributed by atoms with Crippen molar-refractivity contribution in [3.8, 4) is 0 Å². The molecular weight excluding hydrogens is 712 g/mol. The van der Waals surface area contributed by atoms with E-state index in [0.717, 1.165) is 0 Å². The van der Waals surface area contributed by atoms with Crippen LogP contribution in [0.4, 0.5) is 0 Å². The molecule has 0 aliphatic carbocycles. The van der Waals surface area contributed by atoms with Gasteiger partial charge in [0, 0.05) is 110 Å². The second-order valence-electron chi connectivity index (χ2n) is 4.69. The fourth-order valence-electron chi connectivity index (χ4n) is 0. The van der Waals surface area contributed by atoms with Crippen LogP contribution in [0, 0.1) is 0 Å². The zero-order valence-electron chi connectivity index (χ0n) is 22.2. The van der Waals surface area contributed by atoms with E-state index in [2.05, 4.69) is 0 Å². The fraction of sp³-hybridized carbons (Fsp3) is 1.00. The largest absolute Gasteiger partial charge is 3.00 e. The van der Waals surface area contributed by atoms with Crippen molar-refractivity contribution in [2.45, 2.75) is 0 Å². The Labute approximate surface area is 264 Å². The van der Waals surface area contributed by atoms with Crippen LogP contribution in [0.2, 0.25) is 0 Å². The summed E-state index contributed by atoms with van der Waals surface area (Å²) in [6.45, 7) is 7.17. The number of rotatable bonds is 6. The van der Waals surface area contributed by atoms with Gasteiger partial charge in [0.2, 0.25) is 0 Å². The molecular formula is C12H48Fe2N12O12S3. The molecule has 0 aliphatic rings. The Balaban J connectivity index is -0.0000000273. The van der Waals surface area contributed by atoms with Crippen LogP contribution in [0.15, 0.2) is 0 Å². The maximum absolute atomic E-state index is 8.52. The third-order valence-electron chi connectivity index (χ3n) is 1.00. The molecule has 0 saturated carbocycles. The molecule has 0 saturated heterocycles. The summed E-state index contributed by atoms with van der Waals surface area (Å²) >= 11 is 0. The van der Waals surface area contributed by atoms with Crippen LogP contribution < -0.4 is 68.8 Å². The summed E-state index contributed by atoms with van der Waals surface area (Å²) in [7, 11) is -15.5. The van der Waals surface area contributed by atoms with Gasteiger partial charge in [-0.15, -0.1) is 0 Å². The molecule has 0 spiro atoms. The molecule has 0 fully saturated rings. The standard InChI is InChI=1S/6C2H8N2.2Fe.3H2O4S/c6*3-1-2-4;;;3*1-5(2,3)4/h6*1-4H2;;;3*(H2,1,2,3,4)/q;;;;;;2*+3;;;/p-6. The molecule has 0 aromatic carbocycles. The van der Waals surface area contributed by atoms with E-state index in [9.17, 15) is 0 Å². The van der Waals surface area contributed by atoms with Crippen LogP contribution in [0.1, 0.15) is 0 Å². The molecule has 0 aromatic rings. The van der Waals surface area contributed by atoms with Crippen molar-refractivity contribution in [2.75, 3.05) is 78.5 Å². The van der Waals surface area contributed by atoms with Gasteiger partial charge in [-0.3, -0.25) is 25.3 Å². The van der Waals surface area contributed by atoms with Gasteiger partial charge < -0.3 is 96.1 Å². The first-order chi connectivity index (χ1) is 17.5. The maximum atomic E-state index is 8.52. The van der Waals surface area contributed by atoms with E-state index >= 15 is 0 Å². The number of hydrogen-bond acceptors (Lipinski definition) is 24. The molecule has 262 valence electrons. The van der Waals surface area contributed by atoms with E-state index in [0.29, 0.717) is 78.5 Å². The molecule has 0 aromatic heterocycles. The SMILES string of the molecule is NCCN.NCCN.NCCN.NCCN.NCCN.NCCN.O=S(=O)([O-])[O-].O=S(=O)([O-])[O-].O=S(=O)([O-])[O-].[Fe+3].[Fe+3]. The van der Waals surface area contributed by atoms with Gasteiger partial charge in [0.1, 0.15) is 0 Å². The fourth-order valence-corrected chi connectivity index (χ4v) is 0. The van der Waals surface area contributed by atoms with E-state index in [1.54, 1.807) is 0 Å². The molecule has 24 N–H and O–H groups in total. The molecule has 0 rings (SSSR count). The summed E-state index contributed by atoms with van der Waals surface area (Å²) in [5, 5.41) is 0. The Bertz CT molecular complexity index is 532. The van der Waals surface area contributed by atoms with E-state index in [4.69, 9.17) is 121 Å². The minimum absolute atomic E-state index is 0. The summed E-state index contributed by atoms with van der Waals surface area (Å²) in [6, 6.07) is 0. The molecule has 0 aliphatic heterocycles. The van der Waals surface area contributed by atoms with Crippen molar-refractivity contribution in [3.05, 3.63) is 0 Å². The molecule has 41 heavy (non-hydrogen) atoms. The monoisotopic (exact) mass is 760 g/mol. The Kier molecular flexibility index (Phi) is 121. The third kappa shape index (κ3) is 1540. The van der Waals surface area contributed by atoms with E-state index in [-0.39, 0.29) is 34.1 Å². The summed E-state index contributed by atoms with van der Waals surface area (Å²) in [5.41, 5.74) is 58.8. The molecule has 24 nitrogen and oxygen atoms in total. The first kappa shape index (κ1) is 73.0. The predicted molar refractivity (Wildman–Crippen MR) is 140 cm³/mol. The average molecular weight is 760 g/mol. The second kappa shape index (κ2) is 67.7. The first-order valence-electron chi connectivity index (χ1n) is 9.90. The molecule has 29 heteroatoms. The van der Waals surface area contributed by atoms with Crippen molar-refractivity contribution in [1.82, 2.24) is 0 Å². The minimum atomic E-state index is -5.17. The molecule has 0 atom stereocenters. The summed E-state index contributed by atoms with van der Waals surface area (Å²) < 4.78 is 102. The van der Waals surface area contributed by atoms with Crippen molar-refractivity contribution >= 4 is 31.2 Å². The van der Waals surface area contributed by atoms with E-state index in [1.807, 2.05) is 0 Å². The third-order valence-corrected chi connectivity index (χ3v) is 1.00. The van der Waals surface area contributed by atoms with Gasteiger partial charge in [0.05, 0.1) is 0 Å². The smallest absolute Gasteiger partial charge is 0.759 e. The van der Waals surface area contributed by atoms with Crippen molar-refractivity contribution < 1.29 is 86.7 Å². The van der Waals surface area contributed by atoms with Gasteiger partial charge in [0.15, 0.2) is 0 Å². The van der Waals surface area contributed by atoms with Gasteiger partial charge in [-0.2, -0.15) is 0 Å². The van der Waals surface area contributed by atoms with Crippen molar-refractivity contribution in [3.63, 3.8) is 0 Å². The first-order valence-corrected chi connectivity index (χ1v) is 13.9. The van der Waals surface area contributed by atoms with Gasteiger partial charge in [-0.05, 0) is 0 Å². The summed E-state index contributed by atoms with van der Waals surface area (Å²) in [5.74, 6) is 0. The molecule has 0 heterocycles. The van der Waals surface area contributed by atoms with Crippen LogP contribution in [0.3, 0.4) is 0 Å². The van der Waals surface area contributed by atoms with Crippen LogP contribution in [0.25, 0.3) is 0 Å². The second-order valence-corrected chi connectivity index (χ2v) is 7.14. The van der Waals surface area contributed by atoms with E-state index in [1.165, 1.54) is 0 Å². The summed E-state index contributed by atoms with van der Waals surface area (Å²) in [6.07, 6.45) is 0. The van der Waals surface area contributed by atoms with Crippen molar-refractivity contribution in [2.24, 2.45) is 68.8 Å². The molecule has 0 unspecified atom stereocenters. The van der Waals surface area contributed by atoms with Gasteiger partial charge in [-0.25, -0.2) is 0 Å². The maximum Gasteiger partial charge on any atom is 3.00 e. The van der Waals surface area contributed by atoms with Gasteiger partial charge >= 0.3 is 34.1 Å². The average Bonchev–Trinajstić information content (AvgIpc) is 2.81. The van der Waals surface area contributed by atoms with Gasteiger partial charge in [0.25, 0.3) is 0 Å². The normalized spacial score (nSPS) is 8.63. The van der Waals surface area contributed by atoms with Crippen LogP contribution in [0.5, 0.6) is 0 Å². The Morgan fingerprint density at radius 2 is 0.293 bits per heavy atom. The van der Waals surface area contributed by atoms with Crippen LogP contribution in [-0.4, -0.2) is 131 Å². The number of hydrogen-bond donors (Lipinski definition) is 12. The Hall–Kier alpha value is 0.169. The predicted octanol–water partition coefficient (Wildman–Crippen LogP) is -10.6. The zero-order valence-corrected chi connectivity index (χ0v) is 26.9. The topological polar surface area (TPSA) is 553 Å². The van der Waals surface area contributed by atoms with Crippen molar-refractivity contribution in [1.29, 1.82) is 0 Å². The molecule has 2 radical (unpaired) electrons. The quantitative estimate of drug-likeness (QED) is 0.0679. The Morgan fingerprint density at radius 1 is 0.268 bits per heavy atom. The minimum Gasteiger partial charge on any atom is -0.759 e. The van der Waals surface area contributed by atoms with Crippen LogP contribution >= 0.6 is 0 Å². The van der Waals surface area contributed by atoms with E-state index < -0.39 is 31.2 Å². The van der Waals surface area contributed by atoms with Gasteiger partial charge in [-0.1, -0.05) is 0 Å². The summed E-state index contributed by atoms with van der Waals surface area (Å²) in [4.78, 5) is 0. The molecule has 0 amide bonds.